The summed E-state index contributed by atoms with van der Waals surface area (Å²) in [6.45, 7) is 4.85. The number of benzene rings is 3. The van der Waals surface area contributed by atoms with Crippen molar-refractivity contribution in [2.75, 3.05) is 38.1 Å². The topological polar surface area (TPSA) is 195 Å². The van der Waals surface area contributed by atoms with Gasteiger partial charge in [0.05, 0.1) is 47.9 Å². The molecular weight excluding hydrogens is 873 g/mol. The molecule has 1 aliphatic heterocycles. The largest absolute Gasteiger partial charge is 0.493 e. The van der Waals surface area contributed by atoms with E-state index in [1.807, 2.05) is 36.6 Å². The van der Waals surface area contributed by atoms with Gasteiger partial charge in [-0.1, -0.05) is 43.5 Å². The van der Waals surface area contributed by atoms with Crippen molar-refractivity contribution in [3.05, 3.63) is 104 Å². The number of carbonyl (C=O) groups is 6. The molecular formula is C48H58N4O11S2. The van der Waals surface area contributed by atoms with Crippen molar-refractivity contribution in [1.82, 2.24) is 15.1 Å². The zero-order chi connectivity index (χ0) is 47.1. The number of carbonyl (C=O) groups excluding carboxylic acids is 6. The first-order valence-electron chi connectivity index (χ1n) is 21.7. The van der Waals surface area contributed by atoms with Crippen LogP contribution in [-0.4, -0.2) is 93.4 Å². The van der Waals surface area contributed by atoms with E-state index in [0.29, 0.717) is 67.9 Å². The van der Waals surface area contributed by atoms with Crippen molar-refractivity contribution in [2.24, 2.45) is 0 Å². The molecule has 0 saturated carbocycles. The maximum Gasteiger partial charge on any atom is 0.255 e. The highest BCUT2D eigenvalue weighted by Gasteiger charge is 2.34. The normalized spacial score (nSPS) is 13.1. The zero-order valence-corrected chi connectivity index (χ0v) is 39.2. The van der Waals surface area contributed by atoms with Crippen LogP contribution in [-0.2, 0) is 43.8 Å². The number of thiophene rings is 1. The molecule has 348 valence electrons. The molecule has 2 atom stereocenters. The van der Waals surface area contributed by atoms with Gasteiger partial charge in [0.2, 0.25) is 18.2 Å². The van der Waals surface area contributed by atoms with E-state index >= 15 is 0 Å². The van der Waals surface area contributed by atoms with Crippen molar-refractivity contribution in [2.45, 2.75) is 96.9 Å². The third-order valence-electron chi connectivity index (χ3n) is 11.4. The Morgan fingerprint density at radius 2 is 1.68 bits per heavy atom. The molecule has 17 heteroatoms. The quantitative estimate of drug-likeness (QED) is 0.0473. The molecule has 5 amide bonds. The van der Waals surface area contributed by atoms with Crippen LogP contribution in [0.25, 0.3) is 0 Å². The lowest BCUT2D eigenvalue weighted by molar-refractivity contribution is -0.125. The summed E-state index contributed by atoms with van der Waals surface area (Å²) in [6.07, 6.45) is 8.12. The van der Waals surface area contributed by atoms with Gasteiger partial charge < -0.3 is 29.3 Å². The molecule has 0 fully saturated rings. The maximum atomic E-state index is 13.9. The molecule has 4 aromatic rings. The second kappa shape index (κ2) is 23.7. The first-order valence-corrected chi connectivity index (χ1v) is 24.6. The van der Waals surface area contributed by atoms with Crippen LogP contribution in [0.4, 0.5) is 5.69 Å². The number of nitrogens with one attached hydrogen (secondary N) is 2. The van der Waals surface area contributed by atoms with Crippen LogP contribution in [0.1, 0.15) is 124 Å². The van der Waals surface area contributed by atoms with Crippen LogP contribution in [0.5, 0.6) is 17.2 Å². The van der Waals surface area contributed by atoms with E-state index in [0.717, 1.165) is 54.5 Å². The highest BCUT2D eigenvalue weighted by molar-refractivity contribution is 7.90. The first-order chi connectivity index (χ1) is 31.2. The number of imide groups is 1. The van der Waals surface area contributed by atoms with E-state index in [1.165, 1.54) is 42.0 Å². The molecule has 2 heterocycles. The monoisotopic (exact) mass is 930 g/mol. The third-order valence-corrected chi connectivity index (χ3v) is 13.3. The average molecular weight is 931 g/mol. The van der Waals surface area contributed by atoms with E-state index in [4.69, 9.17) is 14.2 Å². The van der Waals surface area contributed by atoms with Crippen LogP contribution in [0.15, 0.2) is 66.0 Å². The summed E-state index contributed by atoms with van der Waals surface area (Å²) in [7, 11) is -0.608. The van der Waals surface area contributed by atoms with E-state index in [9.17, 15) is 37.2 Å². The number of methoxy groups -OCH3 is 1. The minimum absolute atomic E-state index is 0.000278. The minimum atomic E-state index is -3.58. The zero-order valence-electron chi connectivity index (χ0n) is 37.6. The fourth-order valence-corrected chi connectivity index (χ4v) is 9.68. The van der Waals surface area contributed by atoms with Gasteiger partial charge in [0, 0.05) is 54.6 Å². The van der Waals surface area contributed by atoms with E-state index in [-0.39, 0.29) is 59.2 Å². The van der Waals surface area contributed by atoms with Crippen molar-refractivity contribution in [1.29, 1.82) is 0 Å². The van der Waals surface area contributed by atoms with Crippen LogP contribution in [0.2, 0.25) is 0 Å². The summed E-state index contributed by atoms with van der Waals surface area (Å²) < 4.78 is 42.2. The Labute approximate surface area is 384 Å². The Morgan fingerprint density at radius 3 is 2.37 bits per heavy atom. The molecule has 1 aromatic heterocycles. The summed E-state index contributed by atoms with van der Waals surface area (Å²) in [5, 5.41) is 6.79. The molecule has 5 rings (SSSR count). The molecule has 0 saturated heterocycles. The Bertz CT molecular complexity index is 2430. The molecule has 15 nitrogen and oxygen atoms in total. The van der Waals surface area contributed by atoms with Gasteiger partial charge in [-0.25, -0.2) is 8.42 Å². The summed E-state index contributed by atoms with van der Waals surface area (Å²) >= 11 is 1.50. The Morgan fingerprint density at radius 1 is 0.938 bits per heavy atom. The molecule has 0 spiro atoms. The lowest BCUT2D eigenvalue weighted by Crippen LogP contribution is -2.35. The number of anilines is 1. The fourth-order valence-electron chi connectivity index (χ4n) is 7.75. The van der Waals surface area contributed by atoms with Crippen LogP contribution >= 0.6 is 11.3 Å². The van der Waals surface area contributed by atoms with Gasteiger partial charge in [0.25, 0.3) is 11.8 Å². The van der Waals surface area contributed by atoms with Gasteiger partial charge in [0.15, 0.2) is 17.8 Å². The molecule has 1 aliphatic rings. The average Bonchev–Trinajstić information content (AvgIpc) is 3.85. The summed E-state index contributed by atoms with van der Waals surface area (Å²) in [5.41, 5.74) is 3.55. The number of hydrogen-bond acceptors (Lipinski definition) is 12. The predicted molar refractivity (Wildman–Crippen MR) is 248 cm³/mol. The smallest absolute Gasteiger partial charge is 0.255 e. The lowest BCUT2D eigenvalue weighted by atomic mass is 10.0. The van der Waals surface area contributed by atoms with Gasteiger partial charge in [0.1, 0.15) is 22.2 Å². The fraction of sp³-hybridized carbons (Fsp3) is 0.417. The molecule has 0 radical (unpaired) electrons. The third kappa shape index (κ3) is 13.7. The Kier molecular flexibility index (Phi) is 18.2. The number of nitrogens with zero attached hydrogens (tertiary/aromatic N) is 2. The van der Waals surface area contributed by atoms with Crippen LogP contribution < -0.4 is 24.8 Å². The summed E-state index contributed by atoms with van der Waals surface area (Å²) in [6, 6.07) is 16.5. The number of aldehydes is 1. The van der Waals surface area contributed by atoms with Crippen molar-refractivity contribution < 1.29 is 51.4 Å². The number of rotatable bonds is 26. The van der Waals surface area contributed by atoms with Gasteiger partial charge in [-0.15, -0.1) is 11.3 Å². The molecule has 3 aromatic carbocycles. The maximum absolute atomic E-state index is 13.9. The second-order valence-corrected chi connectivity index (χ2v) is 19.2. The molecule has 2 unspecified atom stereocenters. The van der Waals surface area contributed by atoms with Crippen LogP contribution in [0, 0.1) is 0 Å². The minimum Gasteiger partial charge on any atom is -0.493 e. The van der Waals surface area contributed by atoms with E-state index in [1.54, 1.807) is 42.2 Å². The van der Waals surface area contributed by atoms with Gasteiger partial charge in [-0.3, -0.25) is 34.1 Å². The number of fused-ring (bicyclic) bond motifs is 1. The number of hydrogen-bond donors (Lipinski definition) is 2. The predicted octanol–water partition coefficient (Wildman–Crippen LogP) is 7.32. The second-order valence-electron chi connectivity index (χ2n) is 16.1. The molecule has 0 aliphatic carbocycles. The summed E-state index contributed by atoms with van der Waals surface area (Å²) in [5.74, 6) is -0.0946. The lowest BCUT2D eigenvalue weighted by Gasteiger charge is -2.29. The molecule has 0 bridgehead atoms. The van der Waals surface area contributed by atoms with Crippen molar-refractivity contribution >= 4 is 63.2 Å². The van der Waals surface area contributed by atoms with Crippen LogP contribution in [0.3, 0.4) is 0 Å². The number of ether oxygens (including phenoxy) is 3. The number of unbranched alkanes of at least 4 members (excludes halogenated alkanes) is 4. The van der Waals surface area contributed by atoms with E-state index in [2.05, 4.69) is 10.6 Å². The standard InChI is InChI=1S/C48H58N4O11S2/c1-6-62-43-25-34(20-23-42(43)61-4)41(30-65(5,59)60)51(3)47(57)36-14-12-15-40(38(36)27-53)50-46(56)16-11-9-7-8-10-13-33-18-21-35(22-19-33)63-28-44-37-26-52(48(58)39(37)29-64-44)32(2)17-24-45(55)49-31-54/h12,14-15,18-23,25,27,29,31-32,41H,6-11,13,16-17,24,26,28,30H2,1-5H3,(H,50,56)(H,49,54,55). The van der Waals surface area contributed by atoms with E-state index < -0.39 is 21.8 Å². The molecule has 65 heavy (non-hydrogen) atoms. The SMILES string of the molecule is CCOc1cc(C(CS(C)(=O)=O)N(C)C(=O)c2cccc(NC(=O)CCCCCCCc3ccc(OCc4scc5c4CN(C(C)CCC(=O)NC=O)C5=O)cc3)c2C=O)ccc1OC. The van der Waals surface area contributed by atoms with Gasteiger partial charge >= 0.3 is 0 Å². The van der Waals surface area contributed by atoms with Gasteiger partial charge in [-0.2, -0.15) is 0 Å². The number of amides is 5. The van der Waals surface area contributed by atoms with Crippen molar-refractivity contribution in [3.8, 4) is 17.2 Å². The molecule has 2 N–H and O–H groups in total. The Balaban J connectivity index is 1.04. The van der Waals surface area contributed by atoms with Gasteiger partial charge in [-0.05, 0) is 87.1 Å². The number of aryl methyl sites for hydroxylation is 1. The van der Waals surface area contributed by atoms with Crippen molar-refractivity contribution in [3.63, 3.8) is 0 Å². The number of sulfone groups is 1. The highest BCUT2D eigenvalue weighted by atomic mass is 32.2. The Hall–Kier alpha value is -6.07. The summed E-state index contributed by atoms with van der Waals surface area (Å²) in [4.78, 5) is 78.6. The highest BCUT2D eigenvalue weighted by Crippen LogP contribution is 2.35. The first kappa shape index (κ1) is 49.9.